The Balaban J connectivity index is 1.24. The zero-order chi connectivity index (χ0) is 23.5. The Labute approximate surface area is 205 Å². The number of aromatic nitrogens is 4. The number of thioether (sulfide) groups is 1. The van der Waals surface area contributed by atoms with Gasteiger partial charge in [-0.05, 0) is 24.3 Å². The maximum absolute atomic E-state index is 12.8. The molecule has 2 aromatic heterocycles. The molecule has 0 fully saturated rings. The molecule has 3 heterocycles. The van der Waals surface area contributed by atoms with Crippen LogP contribution in [-0.4, -0.2) is 50.0 Å². The van der Waals surface area contributed by atoms with Gasteiger partial charge >= 0.3 is 0 Å². The monoisotopic (exact) mass is 493 g/mol. The van der Waals surface area contributed by atoms with Crippen molar-refractivity contribution in [3.63, 3.8) is 0 Å². The van der Waals surface area contributed by atoms with Crippen LogP contribution < -0.4 is 9.47 Å². The van der Waals surface area contributed by atoms with E-state index in [1.165, 1.54) is 11.8 Å². The molecule has 0 N–H and O–H groups in total. The minimum Gasteiger partial charge on any atom is -0.485 e. The highest BCUT2D eigenvalue weighted by Gasteiger charge is 2.28. The minimum atomic E-state index is -0.394. The van der Waals surface area contributed by atoms with E-state index in [9.17, 15) is 4.79 Å². The number of benzene rings is 2. The number of nitrogens with zero attached hydrogens (tertiary/aromatic N) is 5. The van der Waals surface area contributed by atoms with Crippen molar-refractivity contribution in [3.05, 3.63) is 72.0 Å². The molecule has 5 rings (SSSR count). The smallest absolute Gasteiger partial charge is 0.233 e. The van der Waals surface area contributed by atoms with Gasteiger partial charge in [-0.15, -0.1) is 28.1 Å². The first kappa shape index (κ1) is 22.4. The van der Waals surface area contributed by atoms with E-state index in [1.807, 2.05) is 53.1 Å². The number of para-hydroxylation sites is 3. The molecule has 4 aromatic rings. The van der Waals surface area contributed by atoms with Crippen molar-refractivity contribution in [1.82, 2.24) is 24.6 Å². The zero-order valence-electron chi connectivity index (χ0n) is 18.6. The lowest BCUT2D eigenvalue weighted by Gasteiger charge is -2.26. The van der Waals surface area contributed by atoms with Crippen LogP contribution in [-0.2, 0) is 17.9 Å². The fraction of sp³-hybridized carbons (Fsp3) is 0.250. The van der Waals surface area contributed by atoms with Crippen LogP contribution in [0.25, 0.3) is 10.2 Å². The highest BCUT2D eigenvalue weighted by Crippen LogP contribution is 2.36. The van der Waals surface area contributed by atoms with Crippen molar-refractivity contribution in [2.45, 2.75) is 24.3 Å². The number of rotatable bonds is 8. The molecule has 0 saturated carbocycles. The summed E-state index contributed by atoms with van der Waals surface area (Å²) in [5.41, 5.74) is 0.958. The number of ether oxygens (including phenoxy) is 2. The van der Waals surface area contributed by atoms with Gasteiger partial charge in [0.25, 0.3) is 0 Å². The zero-order valence-corrected chi connectivity index (χ0v) is 20.2. The third-order valence-corrected chi connectivity index (χ3v) is 7.29. The number of allylic oxidation sites excluding steroid dienone is 1. The molecular formula is C24H23N5O3S2. The molecule has 1 amide bonds. The summed E-state index contributed by atoms with van der Waals surface area (Å²) in [6.45, 7) is 5.15. The lowest BCUT2D eigenvalue weighted by Crippen LogP contribution is -2.28. The number of hydrogen-bond acceptors (Lipinski definition) is 8. The van der Waals surface area contributed by atoms with Gasteiger partial charge in [-0.1, -0.05) is 42.1 Å². The van der Waals surface area contributed by atoms with Crippen LogP contribution in [0.4, 0.5) is 0 Å². The first-order valence-electron chi connectivity index (χ1n) is 10.8. The molecule has 0 bridgehead atoms. The fourth-order valence-electron chi connectivity index (χ4n) is 3.61. The molecule has 1 aliphatic heterocycles. The normalized spacial score (nSPS) is 14.8. The fourth-order valence-corrected chi connectivity index (χ4v) is 5.52. The number of amides is 1. The van der Waals surface area contributed by atoms with Gasteiger partial charge in [-0.25, -0.2) is 4.98 Å². The van der Waals surface area contributed by atoms with Crippen LogP contribution in [0.2, 0.25) is 0 Å². The van der Waals surface area contributed by atoms with Crippen LogP contribution in [0.15, 0.2) is 66.3 Å². The predicted molar refractivity (Wildman–Crippen MR) is 132 cm³/mol. The van der Waals surface area contributed by atoms with Crippen LogP contribution in [0.3, 0.4) is 0 Å². The molecule has 0 aliphatic carbocycles. The Bertz CT molecular complexity index is 1300. The van der Waals surface area contributed by atoms with E-state index in [2.05, 4.69) is 21.8 Å². The number of carbonyl (C=O) groups is 1. The molecule has 0 radical (unpaired) electrons. The first-order valence-corrected chi connectivity index (χ1v) is 12.6. The molecule has 1 aliphatic rings. The van der Waals surface area contributed by atoms with E-state index in [1.54, 1.807) is 29.4 Å². The van der Waals surface area contributed by atoms with Gasteiger partial charge in [0.2, 0.25) is 5.91 Å². The number of fused-ring (bicyclic) bond motifs is 2. The molecule has 174 valence electrons. The highest BCUT2D eigenvalue weighted by atomic mass is 32.2. The predicted octanol–water partition coefficient (Wildman–Crippen LogP) is 4.34. The lowest BCUT2D eigenvalue weighted by atomic mass is 10.2. The third kappa shape index (κ3) is 4.64. The van der Waals surface area contributed by atoms with Crippen LogP contribution in [0.5, 0.6) is 11.5 Å². The summed E-state index contributed by atoms with van der Waals surface area (Å²) in [5.74, 6) is 2.26. The van der Waals surface area contributed by atoms with E-state index >= 15 is 0 Å². The Morgan fingerprint density at radius 1 is 1.24 bits per heavy atom. The topological polar surface area (TPSA) is 82.4 Å². The van der Waals surface area contributed by atoms with Gasteiger partial charge in [0.05, 0.1) is 22.5 Å². The van der Waals surface area contributed by atoms with Crippen molar-refractivity contribution in [1.29, 1.82) is 0 Å². The number of carbonyl (C=O) groups excluding carboxylic acids is 1. The van der Waals surface area contributed by atoms with Gasteiger partial charge in [-0.2, -0.15) is 0 Å². The van der Waals surface area contributed by atoms with E-state index in [0.717, 1.165) is 15.2 Å². The molecular weight excluding hydrogens is 470 g/mol. The van der Waals surface area contributed by atoms with Gasteiger partial charge in [0.15, 0.2) is 28.6 Å². The summed E-state index contributed by atoms with van der Waals surface area (Å²) in [6, 6.07) is 15.5. The molecule has 10 heteroatoms. The molecule has 0 unspecified atom stereocenters. The van der Waals surface area contributed by atoms with Gasteiger partial charge in [-0.3, -0.25) is 9.36 Å². The molecule has 0 saturated heterocycles. The highest BCUT2D eigenvalue weighted by molar-refractivity contribution is 7.99. The van der Waals surface area contributed by atoms with Crippen molar-refractivity contribution >= 4 is 39.2 Å². The summed E-state index contributed by atoms with van der Waals surface area (Å²) in [6.07, 6.45) is 1.38. The van der Waals surface area contributed by atoms with Gasteiger partial charge < -0.3 is 14.4 Å². The third-order valence-electron chi connectivity index (χ3n) is 5.31. The molecule has 2 aromatic carbocycles. The Morgan fingerprint density at radius 2 is 2.03 bits per heavy atom. The average molecular weight is 494 g/mol. The standard InChI is InChI=1S/C24H23N5O3S2/c1-3-12-29-23(19-14-31-17-9-5-6-10-18(17)32-19)26-27-24(29)33-15-22(30)28(2)13-21-25-16-8-4-7-11-20(16)34-21/h3-11,19H,1,12-15H2,2H3/t19-/m1/s1. The van der Waals surface area contributed by atoms with Crippen molar-refractivity contribution in [3.8, 4) is 11.5 Å². The van der Waals surface area contributed by atoms with Crippen LogP contribution in [0.1, 0.15) is 16.9 Å². The van der Waals surface area contributed by atoms with E-state index < -0.39 is 6.10 Å². The Kier molecular flexibility index (Phi) is 6.50. The van der Waals surface area contributed by atoms with Gasteiger partial charge in [0, 0.05) is 13.6 Å². The Morgan fingerprint density at radius 3 is 2.85 bits per heavy atom. The quantitative estimate of drug-likeness (QED) is 0.267. The molecule has 0 spiro atoms. The summed E-state index contributed by atoms with van der Waals surface area (Å²) >= 11 is 2.95. The maximum atomic E-state index is 12.8. The molecule has 34 heavy (non-hydrogen) atoms. The molecule has 1 atom stereocenters. The van der Waals surface area contributed by atoms with Crippen molar-refractivity contribution in [2.24, 2.45) is 0 Å². The second-order valence-electron chi connectivity index (χ2n) is 7.72. The van der Waals surface area contributed by atoms with Crippen molar-refractivity contribution < 1.29 is 14.3 Å². The largest absolute Gasteiger partial charge is 0.485 e. The first-order chi connectivity index (χ1) is 16.6. The number of hydrogen-bond donors (Lipinski definition) is 0. The van der Waals surface area contributed by atoms with E-state index in [4.69, 9.17) is 9.47 Å². The second-order valence-corrected chi connectivity index (χ2v) is 9.78. The van der Waals surface area contributed by atoms with E-state index in [-0.39, 0.29) is 11.7 Å². The summed E-state index contributed by atoms with van der Waals surface area (Å²) < 4.78 is 15.0. The molecule has 8 nitrogen and oxygen atoms in total. The minimum absolute atomic E-state index is 0.00913. The van der Waals surface area contributed by atoms with E-state index in [0.29, 0.717) is 42.2 Å². The van der Waals surface area contributed by atoms with Gasteiger partial charge in [0.1, 0.15) is 11.6 Å². The lowest BCUT2D eigenvalue weighted by molar-refractivity contribution is -0.127. The number of thiazole rings is 1. The maximum Gasteiger partial charge on any atom is 0.233 e. The SMILES string of the molecule is C=CCn1c(SCC(=O)N(C)Cc2nc3ccccc3s2)nnc1[C@H]1COc2ccccc2O1. The summed E-state index contributed by atoms with van der Waals surface area (Å²) in [4.78, 5) is 19.1. The summed E-state index contributed by atoms with van der Waals surface area (Å²) in [7, 11) is 1.79. The Hall–Kier alpha value is -3.37. The summed E-state index contributed by atoms with van der Waals surface area (Å²) in [5, 5.41) is 10.2. The average Bonchev–Trinajstić information content (AvgIpc) is 3.45. The van der Waals surface area contributed by atoms with Crippen molar-refractivity contribution in [2.75, 3.05) is 19.4 Å². The van der Waals surface area contributed by atoms with Crippen LogP contribution in [0, 0.1) is 0 Å². The van der Waals surface area contributed by atoms with Crippen LogP contribution >= 0.6 is 23.1 Å². The second kappa shape index (κ2) is 9.86.